The Balaban J connectivity index is 1.56. The predicted octanol–water partition coefficient (Wildman–Crippen LogP) is 3.49. The van der Waals surface area contributed by atoms with Crippen LogP contribution in [0.5, 0.6) is 0 Å². The molecule has 5 aliphatic carbocycles. The monoisotopic (exact) mass is 200 g/mol. The molecule has 0 aromatic rings. The number of fused-ring (bicyclic) bond motifs is 5. The van der Waals surface area contributed by atoms with Crippen LogP contribution in [0.15, 0.2) is 12.2 Å². The molecule has 0 nitrogen and oxygen atoms in total. The topological polar surface area (TPSA) is 0 Å². The second kappa shape index (κ2) is 2.36. The summed E-state index contributed by atoms with van der Waals surface area (Å²) in [5, 5.41) is 0. The first-order chi connectivity index (χ1) is 7.43. The summed E-state index contributed by atoms with van der Waals surface area (Å²) in [7, 11) is 0. The van der Waals surface area contributed by atoms with Gasteiger partial charge in [-0.2, -0.15) is 0 Å². The number of hydrogen-bond acceptors (Lipinski definition) is 0. The van der Waals surface area contributed by atoms with Gasteiger partial charge >= 0.3 is 0 Å². The molecule has 0 aromatic carbocycles. The van der Waals surface area contributed by atoms with Gasteiger partial charge in [0.15, 0.2) is 0 Å². The van der Waals surface area contributed by atoms with Gasteiger partial charge in [0.25, 0.3) is 0 Å². The van der Waals surface area contributed by atoms with E-state index in [2.05, 4.69) is 12.2 Å². The van der Waals surface area contributed by atoms with Crippen molar-refractivity contribution in [2.24, 2.45) is 47.3 Å². The molecule has 5 rings (SSSR count). The summed E-state index contributed by atoms with van der Waals surface area (Å²) in [5.41, 5.74) is 0. The summed E-state index contributed by atoms with van der Waals surface area (Å²) in [5.74, 6) is 9.43. The van der Waals surface area contributed by atoms with E-state index >= 15 is 0 Å². The van der Waals surface area contributed by atoms with Gasteiger partial charge in [-0.3, -0.25) is 0 Å². The summed E-state index contributed by atoms with van der Waals surface area (Å²) in [6.45, 7) is 0. The Labute approximate surface area is 92.1 Å². The number of rotatable bonds is 0. The Kier molecular flexibility index (Phi) is 1.25. The van der Waals surface area contributed by atoms with Crippen LogP contribution in [0.2, 0.25) is 0 Å². The fraction of sp³-hybridized carbons (Fsp3) is 0.867. The lowest BCUT2D eigenvalue weighted by Crippen LogP contribution is -2.42. The largest absolute Gasteiger partial charge is 0.0882 e. The first-order valence-corrected chi connectivity index (χ1v) is 7.08. The van der Waals surface area contributed by atoms with Crippen LogP contribution in [0.3, 0.4) is 0 Å². The van der Waals surface area contributed by atoms with Crippen LogP contribution >= 0.6 is 0 Å². The fourth-order valence-corrected chi connectivity index (χ4v) is 6.18. The van der Waals surface area contributed by atoms with E-state index in [1.54, 1.807) is 19.3 Å². The van der Waals surface area contributed by atoms with Crippen LogP contribution in [0.25, 0.3) is 0 Å². The molecule has 4 saturated carbocycles. The standard InChI is InChI=1S/C15H20/c1-2-4-10-9(3-1)12-6-8-5-11(8)14-7-13(10)15(12)14/h1-2,8-15H,3-7H2/t8?,9-,10-,11?,12-,13+,14+,15+/m1/s1. The van der Waals surface area contributed by atoms with Crippen LogP contribution in [0.4, 0.5) is 0 Å². The van der Waals surface area contributed by atoms with Gasteiger partial charge in [0.05, 0.1) is 0 Å². The van der Waals surface area contributed by atoms with Gasteiger partial charge in [0.2, 0.25) is 0 Å². The molecule has 0 N–H and O–H groups in total. The molecule has 15 heavy (non-hydrogen) atoms. The third kappa shape index (κ3) is 0.797. The van der Waals surface area contributed by atoms with Crippen molar-refractivity contribution >= 4 is 0 Å². The van der Waals surface area contributed by atoms with Gasteiger partial charge in [-0.25, -0.2) is 0 Å². The molecule has 0 radical (unpaired) electrons. The smallest absolute Gasteiger partial charge is 0.0314 e. The minimum atomic E-state index is 1.12. The summed E-state index contributed by atoms with van der Waals surface area (Å²) in [6.07, 6.45) is 12.7. The van der Waals surface area contributed by atoms with Crippen molar-refractivity contribution in [3.63, 3.8) is 0 Å². The van der Waals surface area contributed by atoms with Gasteiger partial charge in [-0.15, -0.1) is 0 Å². The zero-order valence-electron chi connectivity index (χ0n) is 9.31. The number of hydrogen-bond donors (Lipinski definition) is 0. The Morgan fingerprint density at radius 2 is 1.20 bits per heavy atom. The normalized spacial score (nSPS) is 67.7. The maximum absolute atomic E-state index is 2.49. The van der Waals surface area contributed by atoms with Crippen LogP contribution in [-0.2, 0) is 0 Å². The Morgan fingerprint density at radius 3 is 2.00 bits per heavy atom. The summed E-state index contributed by atoms with van der Waals surface area (Å²) in [4.78, 5) is 0. The SMILES string of the molecule is C1=CC[C@@H]2[C@@H](C1)[C@H]1CC3CC3[C@@H]3C[C@@H]2[C@H]13. The molecule has 8 atom stereocenters. The first kappa shape index (κ1) is 7.92. The van der Waals surface area contributed by atoms with E-state index in [0.717, 1.165) is 11.8 Å². The van der Waals surface area contributed by atoms with Crippen molar-refractivity contribution in [1.29, 1.82) is 0 Å². The van der Waals surface area contributed by atoms with E-state index in [0.29, 0.717) is 0 Å². The predicted molar refractivity (Wildman–Crippen MR) is 60.1 cm³/mol. The molecule has 0 aromatic heterocycles. The van der Waals surface area contributed by atoms with E-state index in [1.165, 1.54) is 48.3 Å². The summed E-state index contributed by atoms with van der Waals surface area (Å²) < 4.78 is 0. The van der Waals surface area contributed by atoms with Crippen molar-refractivity contribution in [2.75, 3.05) is 0 Å². The molecule has 2 unspecified atom stereocenters. The molecule has 0 heteroatoms. The third-order valence-electron chi connectivity index (χ3n) is 6.76. The van der Waals surface area contributed by atoms with Crippen LogP contribution in [0.1, 0.15) is 32.1 Å². The first-order valence-electron chi connectivity index (χ1n) is 7.08. The van der Waals surface area contributed by atoms with Gasteiger partial charge in [-0.05, 0) is 79.4 Å². The maximum atomic E-state index is 2.49. The molecule has 4 fully saturated rings. The van der Waals surface area contributed by atoms with Crippen LogP contribution in [-0.4, -0.2) is 0 Å². The highest BCUT2D eigenvalue weighted by molar-refractivity contribution is 5.17. The minimum absolute atomic E-state index is 1.12. The zero-order chi connectivity index (χ0) is 9.57. The zero-order valence-corrected chi connectivity index (χ0v) is 9.31. The van der Waals surface area contributed by atoms with E-state index in [9.17, 15) is 0 Å². The maximum Gasteiger partial charge on any atom is -0.0314 e. The van der Waals surface area contributed by atoms with E-state index in [4.69, 9.17) is 0 Å². The minimum Gasteiger partial charge on any atom is -0.0882 e. The van der Waals surface area contributed by atoms with Crippen LogP contribution in [0, 0.1) is 47.3 Å². The van der Waals surface area contributed by atoms with Gasteiger partial charge in [0, 0.05) is 0 Å². The highest BCUT2D eigenvalue weighted by atomic mass is 14.7. The van der Waals surface area contributed by atoms with Gasteiger partial charge < -0.3 is 0 Å². The lowest BCUT2D eigenvalue weighted by atomic mass is 9.57. The molecule has 80 valence electrons. The van der Waals surface area contributed by atoms with Gasteiger partial charge in [0.1, 0.15) is 0 Å². The second-order valence-electron chi connectivity index (χ2n) is 6.97. The molecule has 0 saturated heterocycles. The van der Waals surface area contributed by atoms with Crippen LogP contribution < -0.4 is 0 Å². The Morgan fingerprint density at radius 1 is 0.600 bits per heavy atom. The van der Waals surface area contributed by atoms with Crippen molar-refractivity contribution in [2.45, 2.75) is 32.1 Å². The van der Waals surface area contributed by atoms with Crippen molar-refractivity contribution in [3.05, 3.63) is 12.2 Å². The van der Waals surface area contributed by atoms with Crippen molar-refractivity contribution < 1.29 is 0 Å². The average molecular weight is 200 g/mol. The molecule has 5 aliphatic rings. The average Bonchev–Trinajstić information content (AvgIpc) is 2.90. The van der Waals surface area contributed by atoms with E-state index in [-0.39, 0.29) is 0 Å². The van der Waals surface area contributed by atoms with E-state index in [1.807, 2.05) is 0 Å². The summed E-state index contributed by atoms with van der Waals surface area (Å²) in [6, 6.07) is 0. The number of allylic oxidation sites excluding steroid dienone is 2. The van der Waals surface area contributed by atoms with E-state index < -0.39 is 0 Å². The third-order valence-corrected chi connectivity index (χ3v) is 6.76. The van der Waals surface area contributed by atoms with Crippen molar-refractivity contribution in [1.82, 2.24) is 0 Å². The van der Waals surface area contributed by atoms with Crippen molar-refractivity contribution in [3.8, 4) is 0 Å². The Hall–Kier alpha value is -0.260. The molecule has 0 aliphatic heterocycles. The molecule has 0 heterocycles. The molecular formula is C15H20. The van der Waals surface area contributed by atoms with Gasteiger partial charge in [-0.1, -0.05) is 12.2 Å². The fourth-order valence-electron chi connectivity index (χ4n) is 6.18. The molecular weight excluding hydrogens is 180 g/mol. The Bertz CT molecular complexity index is 342. The second-order valence-corrected chi connectivity index (χ2v) is 6.97. The molecule has 0 amide bonds. The molecule has 0 spiro atoms. The highest BCUT2D eigenvalue weighted by Crippen LogP contribution is 2.73. The lowest BCUT2D eigenvalue weighted by Gasteiger charge is -2.48. The molecule has 0 bridgehead atoms. The lowest BCUT2D eigenvalue weighted by molar-refractivity contribution is 0.00366. The summed E-state index contributed by atoms with van der Waals surface area (Å²) >= 11 is 0. The highest BCUT2D eigenvalue weighted by Gasteiger charge is 2.66. The quantitative estimate of drug-likeness (QED) is 0.525.